The van der Waals surface area contributed by atoms with Crippen LogP contribution in [0.2, 0.25) is 0 Å². The summed E-state index contributed by atoms with van der Waals surface area (Å²) in [5.74, 6) is 0.364. The molecule has 0 spiro atoms. The normalized spacial score (nSPS) is 17.2. The van der Waals surface area contributed by atoms with Gasteiger partial charge in [-0.05, 0) is 62.7 Å². The number of rotatable bonds is 7. The van der Waals surface area contributed by atoms with Gasteiger partial charge in [0.25, 0.3) is 0 Å². The van der Waals surface area contributed by atoms with E-state index in [0.29, 0.717) is 12.3 Å². The van der Waals surface area contributed by atoms with Gasteiger partial charge in [0.1, 0.15) is 10.6 Å². The Morgan fingerprint density at radius 3 is 2.46 bits per heavy atom. The Labute approximate surface area is 168 Å². The Hall–Kier alpha value is -1.83. The number of sulfonamides is 1. The van der Waals surface area contributed by atoms with Crippen LogP contribution in [0.5, 0.6) is 5.75 Å². The van der Waals surface area contributed by atoms with Crippen LogP contribution in [0.4, 0.5) is 0 Å². The monoisotopic (exact) mass is 405 g/mol. The van der Waals surface area contributed by atoms with Crippen molar-refractivity contribution >= 4 is 10.0 Å². The lowest BCUT2D eigenvalue weighted by molar-refractivity contribution is 0.199. The number of hydrogen-bond donors (Lipinski definition) is 1. The number of ether oxygens (including phenoxy) is 1. The van der Waals surface area contributed by atoms with Crippen molar-refractivity contribution in [2.45, 2.75) is 43.5 Å². The van der Waals surface area contributed by atoms with Crippen molar-refractivity contribution < 1.29 is 13.2 Å². The summed E-state index contributed by atoms with van der Waals surface area (Å²) in [4.78, 5) is 2.61. The molecule has 0 amide bonds. The van der Waals surface area contributed by atoms with Gasteiger partial charge in [0, 0.05) is 25.5 Å². The molecule has 2 aromatic rings. The molecule has 0 saturated carbocycles. The van der Waals surface area contributed by atoms with E-state index < -0.39 is 10.0 Å². The first-order valence-corrected chi connectivity index (χ1v) is 11.4. The summed E-state index contributed by atoms with van der Waals surface area (Å²) in [6.07, 6.45) is 6.79. The maximum atomic E-state index is 13.1. The molecule has 28 heavy (non-hydrogen) atoms. The van der Waals surface area contributed by atoms with Crippen LogP contribution in [0.25, 0.3) is 0 Å². The number of likely N-dealkylation sites (tertiary alicyclic amines) is 1. The van der Waals surface area contributed by atoms with Crippen LogP contribution in [-0.4, -0.2) is 44.6 Å². The van der Waals surface area contributed by atoms with Crippen LogP contribution < -0.4 is 9.46 Å². The number of nitrogens with zero attached hydrogens (tertiary/aromatic N) is 2. The summed E-state index contributed by atoms with van der Waals surface area (Å²) in [7, 11) is -0.177. The summed E-state index contributed by atoms with van der Waals surface area (Å²) in [5.41, 5.74) is 2.01. The molecular weight excluding hydrogens is 374 g/mol. The molecule has 1 atom stereocenters. The van der Waals surface area contributed by atoms with Crippen molar-refractivity contribution in [1.29, 1.82) is 0 Å². The fraction of sp³-hybridized carbons (Fsp3) is 0.524. The number of nitrogens with one attached hydrogen (secondary N) is 1. The summed E-state index contributed by atoms with van der Waals surface area (Å²) in [6, 6.07) is 9.30. The Morgan fingerprint density at radius 1 is 1.14 bits per heavy atom. The third-order valence-corrected chi connectivity index (χ3v) is 6.93. The van der Waals surface area contributed by atoms with Gasteiger partial charge in [-0.2, -0.15) is 0 Å². The summed E-state index contributed by atoms with van der Waals surface area (Å²) >= 11 is 0. The highest BCUT2D eigenvalue weighted by Crippen LogP contribution is 2.27. The van der Waals surface area contributed by atoms with Crippen LogP contribution >= 0.6 is 0 Å². The fourth-order valence-electron chi connectivity index (χ4n) is 3.91. The maximum Gasteiger partial charge on any atom is 0.244 e. The van der Waals surface area contributed by atoms with Gasteiger partial charge in [-0.1, -0.05) is 18.9 Å². The molecule has 1 aromatic carbocycles. The second kappa shape index (κ2) is 9.11. The molecule has 1 saturated heterocycles. The molecule has 0 bridgehead atoms. The predicted octanol–water partition coefficient (Wildman–Crippen LogP) is 3.24. The van der Waals surface area contributed by atoms with Gasteiger partial charge in [0.2, 0.25) is 10.0 Å². The maximum absolute atomic E-state index is 13.1. The molecule has 7 heteroatoms. The Bertz CT molecular complexity index is 884. The van der Waals surface area contributed by atoms with Gasteiger partial charge in [-0.25, -0.2) is 13.1 Å². The van der Waals surface area contributed by atoms with E-state index in [0.717, 1.165) is 37.2 Å². The fourth-order valence-corrected chi connectivity index (χ4v) is 5.20. The highest BCUT2D eigenvalue weighted by atomic mass is 32.2. The first-order chi connectivity index (χ1) is 13.4. The van der Waals surface area contributed by atoms with E-state index in [-0.39, 0.29) is 10.9 Å². The molecule has 154 valence electrons. The van der Waals surface area contributed by atoms with Crippen molar-refractivity contribution in [3.05, 3.63) is 47.8 Å². The van der Waals surface area contributed by atoms with Crippen molar-refractivity contribution in [1.82, 2.24) is 14.2 Å². The molecule has 3 rings (SSSR count). The molecule has 0 radical (unpaired) electrons. The highest BCUT2D eigenvalue weighted by Gasteiger charge is 2.27. The van der Waals surface area contributed by atoms with Gasteiger partial charge in [0.05, 0.1) is 13.2 Å². The quantitative estimate of drug-likeness (QED) is 0.768. The summed E-state index contributed by atoms with van der Waals surface area (Å²) in [6.45, 7) is 4.19. The van der Waals surface area contributed by atoms with E-state index in [9.17, 15) is 8.42 Å². The molecule has 2 heterocycles. The smallest absolute Gasteiger partial charge is 0.244 e. The van der Waals surface area contributed by atoms with Gasteiger partial charge >= 0.3 is 0 Å². The van der Waals surface area contributed by atoms with Crippen LogP contribution in [0.15, 0.2) is 41.4 Å². The molecule has 1 aliphatic heterocycles. The average molecular weight is 406 g/mol. The standard InChI is InChI=1S/C21H31N3O3S/c1-17-10-11-20(27-3)21(15-17)28(25,26)22-16-19(18-9-8-12-23(18)2)24-13-6-4-5-7-14-24/h8-12,15,19,22H,4-7,13-14,16H2,1-3H3. The zero-order chi connectivity index (χ0) is 20.1. The second-order valence-corrected chi connectivity index (χ2v) is 9.25. The molecule has 1 N–H and O–H groups in total. The Kier molecular flexibility index (Phi) is 6.80. The molecule has 6 nitrogen and oxygen atoms in total. The van der Waals surface area contributed by atoms with Crippen LogP contribution in [-0.2, 0) is 17.1 Å². The Morgan fingerprint density at radius 2 is 1.86 bits per heavy atom. The lowest BCUT2D eigenvalue weighted by Gasteiger charge is -2.31. The van der Waals surface area contributed by atoms with Crippen LogP contribution in [0.3, 0.4) is 0 Å². The molecule has 1 fully saturated rings. The lowest BCUT2D eigenvalue weighted by atomic mass is 10.1. The van der Waals surface area contributed by atoms with E-state index >= 15 is 0 Å². The van der Waals surface area contributed by atoms with Crippen LogP contribution in [0.1, 0.15) is 43.0 Å². The Balaban J connectivity index is 1.85. The van der Waals surface area contributed by atoms with E-state index in [2.05, 4.69) is 20.3 Å². The minimum absolute atomic E-state index is 0.00341. The molecule has 0 aliphatic carbocycles. The highest BCUT2D eigenvalue weighted by molar-refractivity contribution is 7.89. The second-order valence-electron chi connectivity index (χ2n) is 7.52. The third-order valence-electron chi connectivity index (χ3n) is 5.48. The minimum Gasteiger partial charge on any atom is -0.495 e. The van der Waals surface area contributed by atoms with Gasteiger partial charge in [-0.3, -0.25) is 4.90 Å². The van der Waals surface area contributed by atoms with Crippen molar-refractivity contribution in [3.8, 4) is 5.75 Å². The number of hydrogen-bond acceptors (Lipinski definition) is 4. The van der Waals surface area contributed by atoms with Gasteiger partial charge < -0.3 is 9.30 Å². The molecular formula is C21H31N3O3S. The first-order valence-electron chi connectivity index (χ1n) is 9.92. The van der Waals surface area contributed by atoms with E-state index in [4.69, 9.17) is 4.74 Å². The zero-order valence-electron chi connectivity index (χ0n) is 17.0. The summed E-state index contributed by atoms with van der Waals surface area (Å²) in [5, 5.41) is 0. The van der Waals surface area contributed by atoms with Crippen molar-refractivity contribution in [2.75, 3.05) is 26.7 Å². The zero-order valence-corrected chi connectivity index (χ0v) is 17.8. The predicted molar refractivity (Wildman–Crippen MR) is 111 cm³/mol. The van der Waals surface area contributed by atoms with E-state index in [1.807, 2.05) is 32.3 Å². The lowest BCUT2D eigenvalue weighted by Crippen LogP contribution is -2.39. The number of aryl methyl sites for hydroxylation is 2. The average Bonchev–Trinajstić information content (AvgIpc) is 2.92. The summed E-state index contributed by atoms with van der Waals surface area (Å²) < 4.78 is 36.3. The van der Waals surface area contributed by atoms with E-state index in [1.54, 1.807) is 12.1 Å². The van der Waals surface area contributed by atoms with Gasteiger partial charge in [-0.15, -0.1) is 0 Å². The van der Waals surface area contributed by atoms with Gasteiger partial charge in [0.15, 0.2) is 0 Å². The number of methoxy groups -OCH3 is 1. The van der Waals surface area contributed by atoms with E-state index in [1.165, 1.54) is 20.0 Å². The molecule has 1 aromatic heterocycles. The SMILES string of the molecule is COc1ccc(C)cc1S(=O)(=O)NCC(c1cccn1C)N1CCCCCC1. The molecule has 1 unspecified atom stereocenters. The minimum atomic E-state index is -3.68. The topological polar surface area (TPSA) is 63.6 Å². The van der Waals surface area contributed by atoms with Crippen molar-refractivity contribution in [3.63, 3.8) is 0 Å². The number of aromatic nitrogens is 1. The van der Waals surface area contributed by atoms with Crippen LogP contribution in [0, 0.1) is 6.92 Å². The molecule has 1 aliphatic rings. The first kappa shape index (κ1) is 20.9. The largest absolute Gasteiger partial charge is 0.495 e. The number of benzene rings is 1. The third kappa shape index (κ3) is 4.77. The van der Waals surface area contributed by atoms with Crippen molar-refractivity contribution in [2.24, 2.45) is 7.05 Å².